The zero-order valence-corrected chi connectivity index (χ0v) is 44.6. The Morgan fingerprint density at radius 3 is 1.99 bits per heavy atom. The molecule has 5 amide bonds. The highest BCUT2D eigenvalue weighted by molar-refractivity contribution is 5.99. The molecule has 6 N–H and O–H groups in total. The summed E-state index contributed by atoms with van der Waals surface area (Å²) in [6.07, 6.45) is 7.21. The van der Waals surface area contributed by atoms with Gasteiger partial charge in [0.05, 0.1) is 18.3 Å². The molecule has 3 aromatic rings. The van der Waals surface area contributed by atoms with E-state index in [1.165, 1.54) is 0 Å². The molecule has 0 spiro atoms. The summed E-state index contributed by atoms with van der Waals surface area (Å²) in [6.45, 7) is 23.5. The number of carbonyl (C=O) groups is 6. The van der Waals surface area contributed by atoms with E-state index in [1.54, 1.807) is 39.1 Å². The van der Waals surface area contributed by atoms with E-state index in [9.17, 15) is 33.9 Å². The van der Waals surface area contributed by atoms with Gasteiger partial charge in [-0.25, -0.2) is 4.79 Å². The van der Waals surface area contributed by atoms with Crippen molar-refractivity contribution in [3.63, 3.8) is 0 Å². The van der Waals surface area contributed by atoms with Gasteiger partial charge in [0.15, 0.2) is 0 Å². The Bertz CT molecular complexity index is 2420. The van der Waals surface area contributed by atoms with Gasteiger partial charge in [-0.2, -0.15) is 0 Å². The van der Waals surface area contributed by atoms with Gasteiger partial charge in [0.1, 0.15) is 12.1 Å². The quantitative estimate of drug-likeness (QED) is 0.0425. The molecular formula is C57H81N7O7. The molecule has 0 fully saturated rings. The Morgan fingerprint density at radius 1 is 0.746 bits per heavy atom. The van der Waals surface area contributed by atoms with Crippen LogP contribution in [0, 0.1) is 17.3 Å². The molecule has 1 heterocycles. The minimum absolute atomic E-state index is 0.0313. The molecule has 1 aliphatic heterocycles. The molecule has 386 valence electrons. The van der Waals surface area contributed by atoms with Crippen LogP contribution in [-0.4, -0.2) is 95.9 Å². The van der Waals surface area contributed by atoms with Crippen LogP contribution >= 0.6 is 0 Å². The van der Waals surface area contributed by atoms with E-state index in [-0.39, 0.29) is 71.5 Å². The number of carboxylic acid groups (broad SMARTS) is 1. The second kappa shape index (κ2) is 25.3. The predicted molar refractivity (Wildman–Crippen MR) is 285 cm³/mol. The molecule has 4 rings (SSSR count). The number of hydrogen-bond donors (Lipinski definition) is 6. The van der Waals surface area contributed by atoms with E-state index < -0.39 is 41.3 Å². The summed E-state index contributed by atoms with van der Waals surface area (Å²) < 4.78 is 0. The molecule has 0 saturated heterocycles. The SMILES string of the molecule is CNC(C(=O)N[C@H](C(C)N(C)[C@H](/C=C(\C)C(=O)O)C(C)C)C(C)(C)C)C(C)(C)c1cccc(NC(=O)[C@H](C)NC(=O)[C@@H](NC(=O)CCCCC(=O)N2Cc3ccccc3/C=C\c3ccccc32)C(C)C)c1. The fourth-order valence-corrected chi connectivity index (χ4v) is 9.36. The second-order valence-corrected chi connectivity index (χ2v) is 21.5. The molecule has 14 nitrogen and oxygen atoms in total. The average molecular weight is 976 g/mol. The molecule has 71 heavy (non-hydrogen) atoms. The van der Waals surface area contributed by atoms with Crippen molar-refractivity contribution >= 4 is 59.0 Å². The third-order valence-electron chi connectivity index (χ3n) is 13.8. The van der Waals surface area contributed by atoms with Gasteiger partial charge < -0.3 is 36.6 Å². The Hall–Kier alpha value is -6.12. The van der Waals surface area contributed by atoms with Crippen LogP contribution in [0.3, 0.4) is 0 Å². The number of fused-ring (bicyclic) bond motifs is 2. The van der Waals surface area contributed by atoms with Crippen LogP contribution in [0.25, 0.3) is 12.2 Å². The zero-order valence-electron chi connectivity index (χ0n) is 44.6. The summed E-state index contributed by atoms with van der Waals surface area (Å²) >= 11 is 0. The first kappa shape index (κ1) is 57.5. The molecule has 0 aromatic heterocycles. The Balaban J connectivity index is 1.35. The maximum Gasteiger partial charge on any atom is 0.331 e. The fourth-order valence-electron chi connectivity index (χ4n) is 9.36. The first-order valence-electron chi connectivity index (χ1n) is 25.1. The number of hydrogen-bond acceptors (Lipinski definition) is 8. The lowest BCUT2D eigenvalue weighted by molar-refractivity contribution is -0.132. The number of amides is 5. The van der Waals surface area contributed by atoms with Crippen molar-refractivity contribution in [2.75, 3.05) is 24.3 Å². The standard InChI is InChI=1S/C57H81N7O7/c1-35(2)46(32-37(5)55(70)71)63(14)39(7)50(56(8,9)10)62-54(69)51(58-13)57(11,12)43-25-21-26-44(33-43)60-52(67)38(6)59-53(68)49(36(3)4)61-47(65)28-19-20-29-48(66)64-34-42-24-16-15-22-40(42)30-31-41-23-17-18-27-45(41)64/h15-18,21-27,30-33,35-36,38-39,46,49-51,58H,19-20,28-29,34H2,1-14H3,(H,59,68)(H,60,67)(H,61,65)(H,62,69)(H,70,71)/b31-30-,37-32+/t38-,39?,46+,49-,50+,51?/m0/s1. The van der Waals surface area contributed by atoms with E-state index in [1.807, 2.05) is 127 Å². The predicted octanol–water partition coefficient (Wildman–Crippen LogP) is 8.32. The number of carbonyl (C=O) groups excluding carboxylic acids is 5. The van der Waals surface area contributed by atoms with Crippen molar-refractivity contribution in [1.29, 1.82) is 0 Å². The second-order valence-electron chi connectivity index (χ2n) is 21.5. The monoisotopic (exact) mass is 976 g/mol. The van der Waals surface area contributed by atoms with Crippen LogP contribution in [0.2, 0.25) is 0 Å². The molecule has 2 unspecified atom stereocenters. The maximum atomic E-state index is 14.4. The topological polar surface area (TPSA) is 189 Å². The lowest BCUT2D eigenvalue weighted by Gasteiger charge is -2.45. The number of nitrogens with one attached hydrogen (secondary N) is 5. The van der Waals surface area contributed by atoms with Crippen LogP contribution in [0.15, 0.2) is 84.4 Å². The third kappa shape index (κ3) is 15.4. The smallest absolute Gasteiger partial charge is 0.331 e. The summed E-state index contributed by atoms with van der Waals surface area (Å²) in [7, 11) is 3.70. The van der Waals surface area contributed by atoms with Gasteiger partial charge in [0.25, 0.3) is 0 Å². The molecule has 0 saturated carbocycles. The lowest BCUT2D eigenvalue weighted by atomic mass is 9.76. The third-order valence-corrected chi connectivity index (χ3v) is 13.8. The van der Waals surface area contributed by atoms with E-state index in [4.69, 9.17) is 0 Å². The van der Waals surface area contributed by atoms with Crippen LogP contribution in [0.1, 0.15) is 131 Å². The van der Waals surface area contributed by atoms with Gasteiger partial charge in [0.2, 0.25) is 29.5 Å². The van der Waals surface area contributed by atoms with E-state index in [0.717, 1.165) is 27.9 Å². The largest absolute Gasteiger partial charge is 0.478 e. The number of likely N-dealkylation sites (N-methyl/N-ethyl adjacent to an activating group) is 2. The molecule has 1 aliphatic rings. The highest BCUT2D eigenvalue weighted by Crippen LogP contribution is 2.33. The minimum atomic E-state index is -0.967. The van der Waals surface area contributed by atoms with Crippen LogP contribution in [0.5, 0.6) is 0 Å². The zero-order chi connectivity index (χ0) is 53.0. The van der Waals surface area contributed by atoms with E-state index in [2.05, 4.69) is 58.3 Å². The molecule has 0 aliphatic carbocycles. The molecule has 14 heteroatoms. The van der Waals surface area contributed by atoms with E-state index in [0.29, 0.717) is 25.1 Å². The number of nitrogens with zero attached hydrogens (tertiary/aromatic N) is 2. The Morgan fingerprint density at radius 2 is 1.37 bits per heavy atom. The molecule has 6 atom stereocenters. The van der Waals surface area contributed by atoms with Gasteiger partial charge in [-0.15, -0.1) is 0 Å². The van der Waals surface area contributed by atoms with Crippen molar-refractivity contribution in [3.8, 4) is 0 Å². The summed E-state index contributed by atoms with van der Waals surface area (Å²) in [5.74, 6) is -2.64. The van der Waals surface area contributed by atoms with E-state index >= 15 is 0 Å². The van der Waals surface area contributed by atoms with Gasteiger partial charge >= 0.3 is 5.97 Å². The van der Waals surface area contributed by atoms with Gasteiger partial charge in [0, 0.05) is 47.6 Å². The Labute approximate surface area is 422 Å². The first-order chi connectivity index (χ1) is 33.3. The summed E-state index contributed by atoms with van der Waals surface area (Å²) in [5.41, 5.74) is 4.29. The average Bonchev–Trinajstić information content (AvgIpc) is 3.30. The van der Waals surface area contributed by atoms with Crippen LogP contribution in [-0.2, 0) is 40.7 Å². The number of rotatable bonds is 22. The minimum Gasteiger partial charge on any atom is -0.478 e. The van der Waals surface area contributed by atoms with Crippen molar-refractivity contribution in [1.82, 2.24) is 26.2 Å². The molecule has 3 aromatic carbocycles. The van der Waals surface area contributed by atoms with Gasteiger partial charge in [-0.05, 0) is 105 Å². The lowest BCUT2D eigenvalue weighted by Crippen LogP contribution is -2.62. The number of aliphatic carboxylic acids is 1. The summed E-state index contributed by atoms with van der Waals surface area (Å²) in [4.78, 5) is 84.1. The maximum absolute atomic E-state index is 14.4. The Kier molecular flexibility index (Phi) is 20.5. The number of anilines is 2. The summed E-state index contributed by atoms with van der Waals surface area (Å²) in [5, 5.41) is 24.7. The molecule has 0 radical (unpaired) electrons. The van der Waals surface area contributed by atoms with Crippen LogP contribution < -0.4 is 31.5 Å². The number of unbranched alkanes of at least 4 members (excludes halogenated alkanes) is 1. The number of carboxylic acids is 1. The normalized spacial score (nSPS) is 16.0. The highest BCUT2D eigenvalue weighted by Gasteiger charge is 2.41. The fraction of sp³-hybridized carbons (Fsp3) is 0.509. The number of benzene rings is 3. The van der Waals surface area contributed by atoms with Crippen molar-refractivity contribution in [2.45, 2.75) is 157 Å². The summed E-state index contributed by atoms with van der Waals surface area (Å²) in [6, 6.07) is 19.9. The van der Waals surface area contributed by atoms with Crippen molar-refractivity contribution in [3.05, 3.63) is 107 Å². The highest BCUT2D eigenvalue weighted by atomic mass is 16.4. The van der Waals surface area contributed by atoms with Crippen LogP contribution in [0.4, 0.5) is 11.4 Å². The van der Waals surface area contributed by atoms with Crippen molar-refractivity contribution < 1.29 is 33.9 Å². The van der Waals surface area contributed by atoms with Gasteiger partial charge in [-0.3, -0.25) is 28.9 Å². The van der Waals surface area contributed by atoms with Gasteiger partial charge in [-0.1, -0.05) is 135 Å². The first-order valence-corrected chi connectivity index (χ1v) is 25.1. The van der Waals surface area contributed by atoms with Crippen molar-refractivity contribution in [2.24, 2.45) is 17.3 Å². The number of para-hydroxylation sites is 1. The molecular weight excluding hydrogens is 895 g/mol. The molecule has 0 bridgehead atoms.